The number of anilines is 3. The van der Waals surface area contributed by atoms with Crippen molar-refractivity contribution in [1.82, 2.24) is 35.6 Å². The van der Waals surface area contributed by atoms with Gasteiger partial charge in [0, 0.05) is 108 Å². The number of aliphatic hydroxyl groups is 2. The summed E-state index contributed by atoms with van der Waals surface area (Å²) in [6.07, 6.45) is 6.39. The fourth-order valence-electron chi connectivity index (χ4n) is 10.6. The Hall–Kier alpha value is -5.05. The first-order valence-corrected chi connectivity index (χ1v) is 26.4. The fraction of sp³-hybridized carbons (Fsp3) is 0.566. The molecule has 4 aliphatic rings. The Bertz CT molecular complexity index is 2490. The summed E-state index contributed by atoms with van der Waals surface area (Å²) >= 11 is 1.58. The zero-order chi connectivity index (χ0) is 49.2. The van der Waals surface area contributed by atoms with Gasteiger partial charge in [0.05, 0.1) is 27.9 Å². The third-order valence-electron chi connectivity index (χ3n) is 14.4. The molecule has 4 unspecified atom stereocenters. The quantitative estimate of drug-likeness (QED) is 0.0710. The van der Waals surface area contributed by atoms with Crippen LogP contribution in [-0.2, 0) is 14.2 Å². The molecule has 0 saturated carbocycles. The van der Waals surface area contributed by atoms with Crippen LogP contribution in [0.3, 0.4) is 0 Å². The molecule has 4 fully saturated rings. The zero-order valence-electron chi connectivity index (χ0n) is 41.8. The van der Waals surface area contributed by atoms with E-state index in [1.54, 1.807) is 11.3 Å². The van der Waals surface area contributed by atoms with Crippen molar-refractivity contribution >= 4 is 28.8 Å². The normalized spacial score (nSPS) is 21.0. The number of ether oxygens (including phenoxy) is 5. The van der Waals surface area contributed by atoms with Crippen LogP contribution in [0.15, 0.2) is 66.2 Å². The molecule has 9 rings (SSSR count). The van der Waals surface area contributed by atoms with Gasteiger partial charge < -0.3 is 59.2 Å². The Kier molecular flexibility index (Phi) is 17.3. The standard InChI is InChI=1S/C53H72N10O7S/c1-36-50(71-35-56-36)46-26-49(60-51(57-46)37-8-5-10-43(24-37)69-32-41(64)29-54-2)63(40-14-21-67-22-15-40)31-45-28-53(17-23-68-45)16-7-18-62(34-53)48-27-47(61(4)39-12-19-66-20-13-39)58-52(59-48)38-9-6-11-44(25-38)70-33-42(65)30-55-3/h5-6,8-11,24-27,35,39-42,45,54-55,64-65H,7,12-23,28-34H2,1-4H3. The number of nitrogens with one attached hydrogen (secondary N) is 2. The van der Waals surface area contributed by atoms with E-state index in [4.69, 9.17) is 43.6 Å². The van der Waals surface area contributed by atoms with Gasteiger partial charge in [-0.1, -0.05) is 24.3 Å². The number of hydrogen-bond acceptors (Lipinski definition) is 18. The maximum Gasteiger partial charge on any atom is 0.163 e. The Morgan fingerprint density at radius 2 is 1.42 bits per heavy atom. The van der Waals surface area contributed by atoms with Crippen molar-refractivity contribution < 1.29 is 33.9 Å². The van der Waals surface area contributed by atoms with Gasteiger partial charge in [-0.2, -0.15) is 0 Å². The summed E-state index contributed by atoms with van der Waals surface area (Å²) in [6.45, 7) is 9.23. The van der Waals surface area contributed by atoms with Crippen LogP contribution in [0.1, 0.15) is 57.1 Å². The van der Waals surface area contributed by atoms with E-state index in [2.05, 4.69) is 49.5 Å². The molecule has 7 heterocycles. The van der Waals surface area contributed by atoms with Crippen LogP contribution < -0.4 is 34.8 Å². The lowest BCUT2D eigenvalue weighted by Gasteiger charge is -2.49. The van der Waals surface area contributed by atoms with Crippen LogP contribution >= 0.6 is 11.3 Å². The van der Waals surface area contributed by atoms with Crippen molar-refractivity contribution in [1.29, 1.82) is 0 Å². The van der Waals surface area contributed by atoms with E-state index in [1.165, 1.54) is 0 Å². The number of thiazole rings is 1. The average Bonchev–Trinajstić information content (AvgIpc) is 3.85. The minimum absolute atomic E-state index is 0.0191. The smallest absolute Gasteiger partial charge is 0.163 e. The summed E-state index contributed by atoms with van der Waals surface area (Å²) in [5.74, 6) is 5.22. The molecule has 382 valence electrons. The predicted octanol–water partition coefficient (Wildman–Crippen LogP) is 6.02. The van der Waals surface area contributed by atoms with Gasteiger partial charge in [-0.3, -0.25) is 0 Å². The molecule has 4 atom stereocenters. The SMILES string of the molecule is CNCC(O)COc1cccc(-c2nc(N3CCCC4(CCOC(CN(c5cc(-c6scnc6C)nc(-c6cccc(OCC(O)CNC)c6)n5)C5CCOCC5)C4)C3)cc(N(C)C3CCOCC3)n2)c1. The molecule has 4 aliphatic heterocycles. The largest absolute Gasteiger partial charge is 0.491 e. The summed E-state index contributed by atoms with van der Waals surface area (Å²) in [5.41, 5.74) is 5.34. The Balaban J connectivity index is 0.997. The molecule has 1 spiro atoms. The zero-order valence-corrected chi connectivity index (χ0v) is 42.6. The first-order chi connectivity index (χ1) is 34.7. The summed E-state index contributed by atoms with van der Waals surface area (Å²) in [6, 6.07) is 20.5. The highest BCUT2D eigenvalue weighted by Crippen LogP contribution is 2.44. The molecule has 0 bridgehead atoms. The molecule has 0 aliphatic carbocycles. The van der Waals surface area contributed by atoms with Gasteiger partial charge in [0.1, 0.15) is 54.4 Å². The minimum atomic E-state index is -0.637. The maximum atomic E-state index is 10.4. The summed E-state index contributed by atoms with van der Waals surface area (Å²) in [4.78, 5) is 33.9. The number of nitrogens with zero attached hydrogens (tertiary/aromatic N) is 8. The monoisotopic (exact) mass is 993 g/mol. The number of aromatic nitrogens is 5. The molecule has 2 aromatic carbocycles. The number of piperidine rings is 1. The van der Waals surface area contributed by atoms with Crippen molar-refractivity contribution in [3.05, 3.63) is 71.9 Å². The molecule has 18 heteroatoms. The van der Waals surface area contributed by atoms with Crippen molar-refractivity contribution in [3.63, 3.8) is 0 Å². The first-order valence-electron chi connectivity index (χ1n) is 25.5. The second kappa shape index (κ2) is 24.1. The molecule has 17 nitrogen and oxygen atoms in total. The van der Waals surface area contributed by atoms with E-state index in [0.29, 0.717) is 68.6 Å². The van der Waals surface area contributed by atoms with Crippen molar-refractivity contribution in [2.75, 3.05) is 115 Å². The minimum Gasteiger partial charge on any atom is -0.491 e. The van der Waals surface area contributed by atoms with Gasteiger partial charge in [-0.25, -0.2) is 24.9 Å². The van der Waals surface area contributed by atoms with Crippen LogP contribution in [-0.4, -0.2) is 166 Å². The lowest BCUT2D eigenvalue weighted by Crippen LogP contribution is -2.52. The summed E-state index contributed by atoms with van der Waals surface area (Å²) in [5, 5.41) is 26.7. The molecule has 0 amide bonds. The molecule has 0 radical (unpaired) electrons. The molecule has 4 N–H and O–H groups in total. The van der Waals surface area contributed by atoms with Gasteiger partial charge >= 0.3 is 0 Å². The van der Waals surface area contributed by atoms with Crippen LogP contribution in [0.5, 0.6) is 11.5 Å². The highest BCUT2D eigenvalue weighted by Gasteiger charge is 2.42. The van der Waals surface area contributed by atoms with Crippen LogP contribution in [0.25, 0.3) is 33.3 Å². The van der Waals surface area contributed by atoms with E-state index in [-0.39, 0.29) is 30.8 Å². The third-order valence-corrected chi connectivity index (χ3v) is 15.3. The second-order valence-corrected chi connectivity index (χ2v) is 20.5. The van der Waals surface area contributed by atoms with Crippen LogP contribution in [0.4, 0.5) is 17.5 Å². The van der Waals surface area contributed by atoms with Crippen molar-refractivity contribution in [2.24, 2.45) is 5.41 Å². The molecular weight excluding hydrogens is 921 g/mol. The van der Waals surface area contributed by atoms with Crippen LogP contribution in [0, 0.1) is 12.3 Å². The second-order valence-electron chi connectivity index (χ2n) is 19.6. The van der Waals surface area contributed by atoms with E-state index in [9.17, 15) is 10.2 Å². The fourth-order valence-corrected chi connectivity index (χ4v) is 11.3. The lowest BCUT2D eigenvalue weighted by atomic mass is 9.72. The topological polar surface area (TPSA) is 185 Å². The van der Waals surface area contributed by atoms with E-state index in [1.807, 2.05) is 75.1 Å². The van der Waals surface area contributed by atoms with Gasteiger partial charge in [0.25, 0.3) is 0 Å². The maximum absolute atomic E-state index is 10.4. The summed E-state index contributed by atoms with van der Waals surface area (Å²) < 4.78 is 30.6. The van der Waals surface area contributed by atoms with E-state index < -0.39 is 12.2 Å². The molecule has 3 aromatic heterocycles. The third kappa shape index (κ3) is 13.0. The number of aryl methyl sites for hydroxylation is 1. The number of rotatable bonds is 20. The van der Waals surface area contributed by atoms with Gasteiger partial charge in [-0.05, 0) is 102 Å². The number of hydrogen-bond donors (Lipinski definition) is 4. The molecular formula is C53H72N10O7S. The Morgan fingerprint density at radius 3 is 2.06 bits per heavy atom. The number of aliphatic hydroxyl groups excluding tert-OH is 2. The predicted molar refractivity (Wildman–Crippen MR) is 278 cm³/mol. The molecule has 4 saturated heterocycles. The van der Waals surface area contributed by atoms with Crippen molar-refractivity contribution in [2.45, 2.75) is 88.7 Å². The van der Waals surface area contributed by atoms with Crippen LogP contribution in [0.2, 0.25) is 0 Å². The van der Waals surface area contributed by atoms with Gasteiger partial charge in [0.2, 0.25) is 0 Å². The van der Waals surface area contributed by atoms with E-state index >= 15 is 0 Å². The van der Waals surface area contributed by atoms with Crippen molar-refractivity contribution in [3.8, 4) is 44.8 Å². The Labute approximate surface area is 422 Å². The number of likely N-dealkylation sites (N-methyl/N-ethyl adjacent to an activating group) is 2. The molecule has 71 heavy (non-hydrogen) atoms. The first kappa shape index (κ1) is 50.9. The average molecular weight is 993 g/mol. The Morgan fingerprint density at radius 1 is 0.789 bits per heavy atom. The highest BCUT2D eigenvalue weighted by molar-refractivity contribution is 7.13. The number of benzene rings is 2. The molecule has 5 aromatic rings. The highest BCUT2D eigenvalue weighted by atomic mass is 32.1. The van der Waals surface area contributed by atoms with Gasteiger partial charge in [-0.15, -0.1) is 11.3 Å². The lowest BCUT2D eigenvalue weighted by molar-refractivity contribution is -0.0505. The van der Waals surface area contributed by atoms with Gasteiger partial charge in [0.15, 0.2) is 11.6 Å². The van der Waals surface area contributed by atoms with E-state index in [0.717, 1.165) is 123 Å². The summed E-state index contributed by atoms with van der Waals surface area (Å²) in [7, 11) is 5.77.